The molecule has 0 spiro atoms. The zero-order valence-electron chi connectivity index (χ0n) is 8.04. The fourth-order valence-corrected chi connectivity index (χ4v) is 2.21. The van der Waals surface area contributed by atoms with E-state index in [0.717, 1.165) is 21.9 Å². The van der Waals surface area contributed by atoms with Crippen LogP contribution in [0.5, 0.6) is 0 Å². The minimum absolute atomic E-state index is 0.332. The molecule has 0 unspecified atom stereocenters. The van der Waals surface area contributed by atoms with Crippen LogP contribution in [0, 0.1) is 6.92 Å². The van der Waals surface area contributed by atoms with E-state index >= 15 is 0 Å². The average Bonchev–Trinajstić information content (AvgIpc) is 1.97. The Kier molecular flexibility index (Phi) is 3.69. The van der Waals surface area contributed by atoms with Crippen molar-refractivity contribution in [1.29, 1.82) is 0 Å². The Labute approximate surface area is 92.7 Å². The summed E-state index contributed by atoms with van der Waals surface area (Å²) >= 11 is 3.36. The van der Waals surface area contributed by atoms with Crippen molar-refractivity contribution in [2.24, 2.45) is 0 Å². The monoisotopic (exact) mass is 277 g/mol. The molecule has 0 heterocycles. The van der Waals surface area contributed by atoms with Crippen molar-refractivity contribution in [2.75, 3.05) is 6.26 Å². The average molecular weight is 278 g/mol. The molecule has 1 aromatic carbocycles. The molecule has 0 atom stereocenters. The third-order valence-corrected chi connectivity index (χ3v) is 2.77. The van der Waals surface area contributed by atoms with Crippen LogP contribution in [0.25, 0.3) is 0 Å². The Balaban J connectivity index is 2.78. The molecule has 3 nitrogen and oxygen atoms in total. The predicted octanol–water partition coefficient (Wildman–Crippen LogP) is 1.81. The van der Waals surface area contributed by atoms with Crippen molar-refractivity contribution in [3.05, 3.63) is 33.8 Å². The number of rotatable bonds is 3. The number of sulfonamides is 1. The summed E-state index contributed by atoms with van der Waals surface area (Å²) in [6.45, 7) is 2.30. The van der Waals surface area contributed by atoms with Crippen LogP contribution in [-0.2, 0) is 16.6 Å². The van der Waals surface area contributed by atoms with Crippen LogP contribution >= 0.6 is 15.9 Å². The van der Waals surface area contributed by atoms with Crippen LogP contribution in [0.15, 0.2) is 22.7 Å². The predicted molar refractivity (Wildman–Crippen MR) is 60.6 cm³/mol. The maximum atomic E-state index is 10.9. The first-order valence-electron chi connectivity index (χ1n) is 4.07. The van der Waals surface area contributed by atoms with E-state index in [1.165, 1.54) is 0 Å². The molecule has 0 fully saturated rings. The maximum Gasteiger partial charge on any atom is 0.209 e. The number of hydrogen-bond donors (Lipinski definition) is 1. The highest BCUT2D eigenvalue weighted by molar-refractivity contribution is 9.10. The lowest BCUT2D eigenvalue weighted by Crippen LogP contribution is -2.21. The first-order chi connectivity index (χ1) is 6.37. The first-order valence-corrected chi connectivity index (χ1v) is 6.76. The van der Waals surface area contributed by atoms with E-state index in [-0.39, 0.29) is 0 Å². The lowest BCUT2D eigenvalue weighted by Gasteiger charge is -2.04. The van der Waals surface area contributed by atoms with E-state index in [4.69, 9.17) is 0 Å². The van der Waals surface area contributed by atoms with Crippen LogP contribution in [0.1, 0.15) is 11.1 Å². The number of nitrogens with one attached hydrogen (secondary N) is 1. The normalized spacial score (nSPS) is 11.6. The van der Waals surface area contributed by atoms with Gasteiger partial charge in [-0.2, -0.15) is 0 Å². The van der Waals surface area contributed by atoms with Gasteiger partial charge in [-0.15, -0.1) is 0 Å². The molecule has 0 aliphatic carbocycles. The first kappa shape index (κ1) is 11.7. The zero-order chi connectivity index (χ0) is 10.8. The lowest BCUT2D eigenvalue weighted by atomic mass is 10.1. The summed E-state index contributed by atoms with van der Waals surface area (Å²) in [6, 6.07) is 5.82. The third kappa shape index (κ3) is 4.21. The summed E-state index contributed by atoms with van der Waals surface area (Å²) in [7, 11) is -3.11. The summed E-state index contributed by atoms with van der Waals surface area (Å²) in [6.07, 6.45) is 1.15. The number of hydrogen-bond acceptors (Lipinski definition) is 2. The quantitative estimate of drug-likeness (QED) is 0.916. The molecule has 0 aliphatic rings. The van der Waals surface area contributed by atoms with Gasteiger partial charge in [0.2, 0.25) is 10.0 Å². The van der Waals surface area contributed by atoms with Crippen molar-refractivity contribution in [3.8, 4) is 0 Å². The molecule has 5 heteroatoms. The molecule has 0 saturated heterocycles. The molecule has 14 heavy (non-hydrogen) atoms. The number of halogens is 1. The Morgan fingerprint density at radius 3 is 2.50 bits per heavy atom. The highest BCUT2D eigenvalue weighted by atomic mass is 79.9. The van der Waals surface area contributed by atoms with Crippen molar-refractivity contribution < 1.29 is 8.42 Å². The Morgan fingerprint density at radius 2 is 2.00 bits per heavy atom. The standard InChI is InChI=1S/C9H12BrNO2S/c1-7-3-8(5-9(10)4-7)6-11-14(2,12)13/h3-5,11H,6H2,1-2H3. The molecule has 0 bridgehead atoms. The van der Waals surface area contributed by atoms with Gasteiger partial charge in [0.15, 0.2) is 0 Å². The van der Waals surface area contributed by atoms with Crippen molar-refractivity contribution in [3.63, 3.8) is 0 Å². The molecule has 0 radical (unpaired) electrons. The molecule has 0 aromatic heterocycles. The molecule has 1 N–H and O–H groups in total. The van der Waals surface area contributed by atoms with E-state index in [0.29, 0.717) is 6.54 Å². The van der Waals surface area contributed by atoms with Gasteiger partial charge in [-0.05, 0) is 30.2 Å². The maximum absolute atomic E-state index is 10.9. The minimum Gasteiger partial charge on any atom is -0.213 e. The van der Waals surface area contributed by atoms with Gasteiger partial charge >= 0.3 is 0 Å². The van der Waals surface area contributed by atoms with Gasteiger partial charge in [-0.3, -0.25) is 0 Å². The van der Waals surface area contributed by atoms with Crippen LogP contribution in [0.4, 0.5) is 0 Å². The van der Waals surface area contributed by atoms with Gasteiger partial charge < -0.3 is 0 Å². The minimum atomic E-state index is -3.11. The van der Waals surface area contributed by atoms with Crippen LogP contribution < -0.4 is 4.72 Å². The van der Waals surface area contributed by atoms with E-state index in [1.807, 2.05) is 25.1 Å². The summed E-state index contributed by atoms with van der Waals surface area (Å²) < 4.78 is 25.1. The highest BCUT2D eigenvalue weighted by Crippen LogP contribution is 2.15. The molecule has 0 amide bonds. The number of aryl methyl sites for hydroxylation is 1. The largest absolute Gasteiger partial charge is 0.213 e. The Bertz CT molecular complexity index is 408. The summed E-state index contributed by atoms with van der Waals surface area (Å²) in [4.78, 5) is 0. The SMILES string of the molecule is Cc1cc(Br)cc(CNS(C)(=O)=O)c1. The van der Waals surface area contributed by atoms with E-state index in [9.17, 15) is 8.42 Å². The topological polar surface area (TPSA) is 46.2 Å². The fourth-order valence-electron chi connectivity index (χ4n) is 1.13. The highest BCUT2D eigenvalue weighted by Gasteiger charge is 2.01. The lowest BCUT2D eigenvalue weighted by molar-refractivity contribution is 0.587. The van der Waals surface area contributed by atoms with Crippen LogP contribution in [0.2, 0.25) is 0 Å². The number of benzene rings is 1. The van der Waals surface area contributed by atoms with Crippen LogP contribution in [0.3, 0.4) is 0 Å². The van der Waals surface area contributed by atoms with Crippen LogP contribution in [-0.4, -0.2) is 14.7 Å². The van der Waals surface area contributed by atoms with Gasteiger partial charge in [0.25, 0.3) is 0 Å². The van der Waals surface area contributed by atoms with Crippen molar-refractivity contribution in [2.45, 2.75) is 13.5 Å². The molecule has 1 rings (SSSR count). The van der Waals surface area contributed by atoms with Gasteiger partial charge in [0, 0.05) is 11.0 Å². The second-order valence-corrected chi connectivity index (χ2v) is 5.98. The smallest absolute Gasteiger partial charge is 0.209 e. The Morgan fingerprint density at radius 1 is 1.36 bits per heavy atom. The van der Waals surface area contributed by atoms with Gasteiger partial charge in [0.05, 0.1) is 6.26 Å². The van der Waals surface area contributed by atoms with Gasteiger partial charge in [-0.1, -0.05) is 22.0 Å². The second kappa shape index (κ2) is 4.42. The molecule has 0 saturated carbocycles. The molecular weight excluding hydrogens is 266 g/mol. The van der Waals surface area contributed by atoms with E-state index < -0.39 is 10.0 Å². The third-order valence-electron chi connectivity index (χ3n) is 1.64. The molecule has 78 valence electrons. The van der Waals surface area contributed by atoms with Gasteiger partial charge in [-0.25, -0.2) is 13.1 Å². The van der Waals surface area contributed by atoms with E-state index in [1.54, 1.807) is 0 Å². The van der Waals surface area contributed by atoms with Gasteiger partial charge in [0.1, 0.15) is 0 Å². The molecule has 0 aliphatic heterocycles. The van der Waals surface area contributed by atoms with Crippen molar-refractivity contribution >= 4 is 26.0 Å². The van der Waals surface area contributed by atoms with E-state index in [2.05, 4.69) is 20.7 Å². The zero-order valence-corrected chi connectivity index (χ0v) is 10.4. The summed E-state index contributed by atoms with van der Waals surface area (Å²) in [5, 5.41) is 0. The Hall–Kier alpha value is -0.390. The fraction of sp³-hybridized carbons (Fsp3) is 0.333. The molecule has 1 aromatic rings. The second-order valence-electron chi connectivity index (χ2n) is 3.23. The molecular formula is C9H12BrNO2S. The summed E-state index contributed by atoms with van der Waals surface area (Å²) in [5.41, 5.74) is 2.05. The summed E-state index contributed by atoms with van der Waals surface area (Å²) in [5.74, 6) is 0. The van der Waals surface area contributed by atoms with Crippen molar-refractivity contribution in [1.82, 2.24) is 4.72 Å².